The summed E-state index contributed by atoms with van der Waals surface area (Å²) in [6.45, 7) is 0.670. The fraction of sp³-hybridized carbons (Fsp3) is 0.483. The molecule has 1 aliphatic heterocycles. The van der Waals surface area contributed by atoms with Gasteiger partial charge >= 0.3 is 0 Å². The molecule has 0 aromatic heterocycles. The SMILES string of the molecule is O=C(Nc1ccc(C2=NCC(c3ccc(NC(=O)C4CCCCC4)cc3)N2)cc1)C1CCCCC1. The van der Waals surface area contributed by atoms with Crippen LogP contribution in [0.1, 0.15) is 81.4 Å². The van der Waals surface area contributed by atoms with Crippen LogP contribution in [0.25, 0.3) is 0 Å². The van der Waals surface area contributed by atoms with Crippen LogP contribution in [0.15, 0.2) is 53.5 Å². The van der Waals surface area contributed by atoms with Crippen molar-refractivity contribution >= 4 is 29.0 Å². The van der Waals surface area contributed by atoms with Gasteiger partial charge in [-0.3, -0.25) is 14.6 Å². The highest BCUT2D eigenvalue weighted by atomic mass is 16.2. The monoisotopic (exact) mass is 472 g/mol. The molecule has 5 rings (SSSR count). The average Bonchev–Trinajstić information content (AvgIpc) is 3.41. The van der Waals surface area contributed by atoms with Gasteiger partial charge in [0.25, 0.3) is 0 Å². The molecule has 2 amide bonds. The highest BCUT2D eigenvalue weighted by Gasteiger charge is 2.23. The van der Waals surface area contributed by atoms with Gasteiger partial charge in [-0.15, -0.1) is 0 Å². The number of rotatable bonds is 6. The van der Waals surface area contributed by atoms with Crippen LogP contribution < -0.4 is 16.0 Å². The Labute approximate surface area is 208 Å². The molecule has 2 fully saturated rings. The van der Waals surface area contributed by atoms with Crippen LogP contribution in [0, 0.1) is 11.8 Å². The summed E-state index contributed by atoms with van der Waals surface area (Å²) in [7, 11) is 0. The van der Waals surface area contributed by atoms with Gasteiger partial charge in [0.1, 0.15) is 5.84 Å². The van der Waals surface area contributed by atoms with E-state index in [9.17, 15) is 9.59 Å². The Bertz CT molecular complexity index is 1050. The zero-order valence-corrected chi connectivity index (χ0v) is 20.4. The fourth-order valence-electron chi connectivity index (χ4n) is 5.53. The molecule has 1 heterocycles. The Kier molecular flexibility index (Phi) is 7.45. The van der Waals surface area contributed by atoms with Crippen molar-refractivity contribution in [2.75, 3.05) is 17.2 Å². The lowest BCUT2D eigenvalue weighted by molar-refractivity contribution is -0.121. The number of carbonyl (C=O) groups is 2. The minimum absolute atomic E-state index is 0.110. The number of nitrogens with zero attached hydrogens (tertiary/aromatic N) is 1. The van der Waals surface area contributed by atoms with Gasteiger partial charge in [0.05, 0.1) is 12.6 Å². The molecule has 184 valence electrons. The van der Waals surface area contributed by atoms with E-state index < -0.39 is 0 Å². The number of nitrogens with one attached hydrogen (secondary N) is 3. The number of amidine groups is 1. The van der Waals surface area contributed by atoms with E-state index in [4.69, 9.17) is 4.99 Å². The number of hydrogen-bond donors (Lipinski definition) is 3. The average molecular weight is 473 g/mol. The third-order valence-electron chi connectivity index (χ3n) is 7.70. The van der Waals surface area contributed by atoms with Crippen molar-refractivity contribution in [3.8, 4) is 0 Å². The summed E-state index contributed by atoms with van der Waals surface area (Å²) in [4.78, 5) is 29.7. The smallest absolute Gasteiger partial charge is 0.227 e. The quantitative estimate of drug-likeness (QED) is 0.496. The molecule has 2 aliphatic carbocycles. The van der Waals surface area contributed by atoms with E-state index in [2.05, 4.69) is 28.1 Å². The van der Waals surface area contributed by atoms with Crippen molar-refractivity contribution in [3.63, 3.8) is 0 Å². The lowest BCUT2D eigenvalue weighted by Gasteiger charge is -2.21. The zero-order valence-electron chi connectivity index (χ0n) is 20.4. The van der Waals surface area contributed by atoms with Crippen LogP contribution in [-0.4, -0.2) is 24.2 Å². The van der Waals surface area contributed by atoms with Crippen LogP contribution in [0.2, 0.25) is 0 Å². The van der Waals surface area contributed by atoms with Crippen LogP contribution in [0.4, 0.5) is 11.4 Å². The molecule has 0 saturated heterocycles. The van der Waals surface area contributed by atoms with Gasteiger partial charge in [-0.1, -0.05) is 50.7 Å². The number of hydrogen-bond acceptors (Lipinski definition) is 4. The summed E-state index contributed by atoms with van der Waals surface area (Å²) in [6.07, 6.45) is 11.1. The van der Waals surface area contributed by atoms with Gasteiger partial charge in [-0.05, 0) is 67.6 Å². The number of carbonyl (C=O) groups excluding carboxylic acids is 2. The number of benzene rings is 2. The Morgan fingerprint density at radius 3 is 1.69 bits per heavy atom. The second-order valence-corrected chi connectivity index (χ2v) is 10.2. The Morgan fingerprint density at radius 2 is 1.17 bits per heavy atom. The minimum Gasteiger partial charge on any atom is -0.361 e. The van der Waals surface area contributed by atoms with Gasteiger partial charge in [0.2, 0.25) is 11.8 Å². The molecule has 35 heavy (non-hydrogen) atoms. The van der Waals surface area contributed by atoms with Crippen molar-refractivity contribution in [3.05, 3.63) is 59.7 Å². The molecule has 2 aromatic carbocycles. The van der Waals surface area contributed by atoms with Gasteiger partial charge in [0.15, 0.2) is 0 Å². The van der Waals surface area contributed by atoms with Gasteiger partial charge in [0, 0.05) is 28.8 Å². The van der Waals surface area contributed by atoms with E-state index in [0.29, 0.717) is 6.54 Å². The summed E-state index contributed by atoms with van der Waals surface area (Å²) in [5.74, 6) is 1.47. The lowest BCUT2D eigenvalue weighted by Crippen LogP contribution is -2.25. The van der Waals surface area contributed by atoms with Gasteiger partial charge in [-0.25, -0.2) is 0 Å². The van der Waals surface area contributed by atoms with Crippen LogP contribution in [0.3, 0.4) is 0 Å². The Hall–Kier alpha value is -3.15. The van der Waals surface area contributed by atoms with Crippen molar-refractivity contribution in [2.24, 2.45) is 16.8 Å². The highest BCUT2D eigenvalue weighted by Crippen LogP contribution is 2.27. The molecule has 1 atom stereocenters. The topological polar surface area (TPSA) is 82.6 Å². The molecule has 0 radical (unpaired) electrons. The maximum atomic E-state index is 12.5. The molecular formula is C29H36N4O2. The van der Waals surface area contributed by atoms with Gasteiger partial charge < -0.3 is 16.0 Å². The number of anilines is 2. The standard InChI is InChI=1S/C29H36N4O2/c34-28(22-7-3-1-4-8-22)31-24-15-11-20(12-16-24)26-19-30-27(33-26)21-13-17-25(18-14-21)32-29(35)23-9-5-2-6-10-23/h11-18,22-23,26H,1-10,19H2,(H,30,33)(H,31,34)(H,32,35). The second-order valence-electron chi connectivity index (χ2n) is 10.2. The number of aliphatic imine (C=N–C) groups is 1. The van der Waals surface area contributed by atoms with Gasteiger partial charge in [-0.2, -0.15) is 0 Å². The zero-order chi connectivity index (χ0) is 24.0. The van der Waals surface area contributed by atoms with E-state index in [0.717, 1.165) is 79.7 Å². The lowest BCUT2D eigenvalue weighted by atomic mass is 9.88. The fourth-order valence-corrected chi connectivity index (χ4v) is 5.53. The summed E-state index contributed by atoms with van der Waals surface area (Å²) in [5.41, 5.74) is 3.86. The molecule has 6 nitrogen and oxygen atoms in total. The maximum absolute atomic E-state index is 12.5. The molecule has 2 saturated carbocycles. The van der Waals surface area contributed by atoms with Crippen LogP contribution in [-0.2, 0) is 9.59 Å². The molecule has 0 bridgehead atoms. The molecule has 6 heteroatoms. The second kappa shape index (κ2) is 11.1. The highest BCUT2D eigenvalue weighted by molar-refractivity contribution is 6.01. The largest absolute Gasteiger partial charge is 0.361 e. The van der Waals surface area contributed by atoms with E-state index in [1.165, 1.54) is 12.8 Å². The molecule has 3 N–H and O–H groups in total. The van der Waals surface area contributed by atoms with E-state index >= 15 is 0 Å². The van der Waals surface area contributed by atoms with E-state index in [1.807, 2.05) is 36.4 Å². The summed E-state index contributed by atoms with van der Waals surface area (Å²) in [5, 5.41) is 9.68. The van der Waals surface area contributed by atoms with Crippen molar-refractivity contribution in [1.29, 1.82) is 0 Å². The van der Waals surface area contributed by atoms with Crippen molar-refractivity contribution in [2.45, 2.75) is 70.3 Å². The van der Waals surface area contributed by atoms with Crippen molar-refractivity contribution < 1.29 is 9.59 Å². The molecule has 3 aliphatic rings. The van der Waals surface area contributed by atoms with Crippen LogP contribution in [0.5, 0.6) is 0 Å². The summed E-state index contributed by atoms with van der Waals surface area (Å²) >= 11 is 0. The maximum Gasteiger partial charge on any atom is 0.227 e. The minimum atomic E-state index is 0.110. The Balaban J connectivity index is 1.13. The third kappa shape index (κ3) is 5.92. The third-order valence-corrected chi connectivity index (χ3v) is 7.70. The molecule has 2 aromatic rings. The normalized spacial score (nSPS) is 21.1. The summed E-state index contributed by atoms with van der Waals surface area (Å²) < 4.78 is 0. The Morgan fingerprint density at radius 1 is 0.686 bits per heavy atom. The van der Waals surface area contributed by atoms with Crippen molar-refractivity contribution in [1.82, 2.24) is 5.32 Å². The summed E-state index contributed by atoms with van der Waals surface area (Å²) in [6, 6.07) is 16.1. The predicted molar refractivity (Wildman–Crippen MR) is 141 cm³/mol. The predicted octanol–water partition coefficient (Wildman–Crippen LogP) is 5.82. The molecule has 0 spiro atoms. The first-order valence-electron chi connectivity index (χ1n) is 13.3. The first-order valence-corrected chi connectivity index (χ1v) is 13.3. The van der Waals surface area contributed by atoms with E-state index in [-0.39, 0.29) is 29.7 Å². The number of amides is 2. The first-order chi connectivity index (χ1) is 17.2. The first kappa shape index (κ1) is 23.6. The van der Waals surface area contributed by atoms with Crippen LogP contribution >= 0.6 is 0 Å². The van der Waals surface area contributed by atoms with E-state index in [1.54, 1.807) is 0 Å². The molecule has 1 unspecified atom stereocenters. The molecular weight excluding hydrogens is 436 g/mol.